The van der Waals surface area contributed by atoms with Crippen LogP contribution < -0.4 is 0 Å². The summed E-state index contributed by atoms with van der Waals surface area (Å²) in [7, 11) is 0. The van der Waals surface area contributed by atoms with Crippen LogP contribution in [0.25, 0.3) is 0 Å². The Bertz CT molecular complexity index is 438. The first kappa shape index (κ1) is 13.7. The summed E-state index contributed by atoms with van der Waals surface area (Å²) in [5.41, 5.74) is 3.08. The Balaban J connectivity index is 1.59. The fraction of sp³-hybridized carbons (Fsp3) is 0.647. The minimum atomic E-state index is 0.568. The van der Waals surface area contributed by atoms with Gasteiger partial charge in [0.05, 0.1) is 26.4 Å². The molecule has 0 radical (unpaired) electrons. The number of nitrogens with zero attached hydrogens (tertiary/aromatic N) is 2. The molecule has 114 valence electrons. The monoisotopic (exact) mass is 288 g/mol. The maximum atomic E-state index is 5.52. The van der Waals surface area contributed by atoms with Crippen molar-refractivity contribution >= 4 is 0 Å². The molecule has 0 saturated carbocycles. The average molecular weight is 288 g/mol. The van der Waals surface area contributed by atoms with Gasteiger partial charge in [-0.25, -0.2) is 0 Å². The molecule has 2 heterocycles. The van der Waals surface area contributed by atoms with E-state index in [0.29, 0.717) is 12.1 Å². The van der Waals surface area contributed by atoms with Gasteiger partial charge in [0.2, 0.25) is 0 Å². The standard InChI is InChI=1S/C17H24N2O2/c1-2-4-15-14(3-1)16(18-5-9-20-10-6-18)13-17(15)19-7-11-21-12-8-19/h1-4,16-17H,5-13H2. The Hall–Kier alpha value is -0.940. The van der Waals surface area contributed by atoms with Crippen molar-refractivity contribution in [2.45, 2.75) is 18.5 Å². The van der Waals surface area contributed by atoms with Gasteiger partial charge in [-0.3, -0.25) is 9.80 Å². The summed E-state index contributed by atoms with van der Waals surface area (Å²) in [5, 5.41) is 0. The summed E-state index contributed by atoms with van der Waals surface area (Å²) >= 11 is 0. The van der Waals surface area contributed by atoms with E-state index in [4.69, 9.17) is 9.47 Å². The molecule has 0 amide bonds. The van der Waals surface area contributed by atoms with Crippen molar-refractivity contribution in [2.24, 2.45) is 0 Å². The first-order valence-electron chi connectivity index (χ1n) is 8.16. The van der Waals surface area contributed by atoms with Crippen LogP contribution in [-0.4, -0.2) is 62.4 Å². The molecule has 0 bridgehead atoms. The Kier molecular flexibility index (Phi) is 3.95. The van der Waals surface area contributed by atoms with Crippen LogP contribution in [0.5, 0.6) is 0 Å². The third-order valence-corrected chi connectivity index (χ3v) is 5.13. The normalized spacial score (nSPS) is 31.2. The lowest BCUT2D eigenvalue weighted by Gasteiger charge is -2.35. The molecule has 0 spiro atoms. The van der Waals surface area contributed by atoms with Gasteiger partial charge < -0.3 is 9.47 Å². The molecule has 1 aromatic rings. The van der Waals surface area contributed by atoms with Gasteiger partial charge in [-0.05, 0) is 17.5 Å². The van der Waals surface area contributed by atoms with E-state index in [1.54, 1.807) is 0 Å². The molecule has 1 aliphatic carbocycles. The quantitative estimate of drug-likeness (QED) is 0.829. The number of hydrogen-bond acceptors (Lipinski definition) is 4. The zero-order chi connectivity index (χ0) is 14.1. The first-order chi connectivity index (χ1) is 10.4. The van der Waals surface area contributed by atoms with Crippen molar-refractivity contribution in [3.05, 3.63) is 35.4 Å². The van der Waals surface area contributed by atoms with E-state index in [9.17, 15) is 0 Å². The SMILES string of the molecule is c1ccc2c(c1)C(N1CCOCC1)CC2N1CCOCC1. The highest BCUT2D eigenvalue weighted by atomic mass is 16.5. The lowest BCUT2D eigenvalue weighted by Crippen LogP contribution is -2.40. The molecule has 4 nitrogen and oxygen atoms in total. The van der Waals surface area contributed by atoms with E-state index in [2.05, 4.69) is 34.1 Å². The fourth-order valence-electron chi connectivity index (χ4n) is 4.05. The molecule has 2 saturated heterocycles. The van der Waals surface area contributed by atoms with Crippen molar-refractivity contribution in [1.29, 1.82) is 0 Å². The summed E-state index contributed by atoms with van der Waals surface area (Å²) in [6, 6.07) is 10.2. The number of rotatable bonds is 2. The van der Waals surface area contributed by atoms with Gasteiger partial charge in [-0.2, -0.15) is 0 Å². The summed E-state index contributed by atoms with van der Waals surface area (Å²) in [5.74, 6) is 0. The predicted octanol–water partition coefficient (Wildman–Crippen LogP) is 1.84. The largest absolute Gasteiger partial charge is 0.379 e. The van der Waals surface area contributed by atoms with Crippen LogP contribution in [0.15, 0.2) is 24.3 Å². The van der Waals surface area contributed by atoms with Crippen molar-refractivity contribution < 1.29 is 9.47 Å². The minimum Gasteiger partial charge on any atom is -0.379 e. The van der Waals surface area contributed by atoms with Gasteiger partial charge in [-0.1, -0.05) is 24.3 Å². The summed E-state index contributed by atoms with van der Waals surface area (Å²) < 4.78 is 11.0. The molecular weight excluding hydrogens is 264 g/mol. The molecule has 4 rings (SSSR count). The van der Waals surface area contributed by atoms with Gasteiger partial charge in [0.15, 0.2) is 0 Å². The summed E-state index contributed by atoms with van der Waals surface area (Å²) in [4.78, 5) is 5.23. The molecule has 2 atom stereocenters. The highest BCUT2D eigenvalue weighted by molar-refractivity contribution is 5.38. The van der Waals surface area contributed by atoms with Crippen molar-refractivity contribution in [3.8, 4) is 0 Å². The summed E-state index contributed by atoms with van der Waals surface area (Å²) in [6.45, 7) is 7.76. The van der Waals surface area contributed by atoms with Crippen LogP contribution in [0, 0.1) is 0 Å². The zero-order valence-corrected chi connectivity index (χ0v) is 12.5. The lowest BCUT2D eigenvalue weighted by molar-refractivity contribution is -0.00319. The Morgan fingerprint density at radius 2 is 1.14 bits per heavy atom. The Morgan fingerprint density at radius 3 is 1.57 bits per heavy atom. The van der Waals surface area contributed by atoms with E-state index in [-0.39, 0.29) is 0 Å². The number of hydrogen-bond donors (Lipinski definition) is 0. The Morgan fingerprint density at radius 1 is 0.714 bits per heavy atom. The smallest absolute Gasteiger partial charge is 0.0594 e. The molecule has 21 heavy (non-hydrogen) atoms. The fourth-order valence-corrected chi connectivity index (χ4v) is 4.05. The van der Waals surface area contributed by atoms with Gasteiger partial charge >= 0.3 is 0 Å². The number of morpholine rings is 2. The molecular formula is C17H24N2O2. The van der Waals surface area contributed by atoms with E-state index in [1.807, 2.05) is 0 Å². The van der Waals surface area contributed by atoms with Gasteiger partial charge in [-0.15, -0.1) is 0 Å². The second-order valence-corrected chi connectivity index (χ2v) is 6.19. The first-order valence-corrected chi connectivity index (χ1v) is 8.16. The van der Waals surface area contributed by atoms with E-state index < -0.39 is 0 Å². The van der Waals surface area contributed by atoms with Crippen molar-refractivity contribution in [1.82, 2.24) is 9.80 Å². The maximum Gasteiger partial charge on any atom is 0.0594 e. The average Bonchev–Trinajstić information content (AvgIpc) is 2.96. The molecule has 0 N–H and O–H groups in total. The molecule has 3 aliphatic rings. The maximum absolute atomic E-state index is 5.52. The van der Waals surface area contributed by atoms with Crippen molar-refractivity contribution in [3.63, 3.8) is 0 Å². The van der Waals surface area contributed by atoms with E-state index in [0.717, 1.165) is 52.6 Å². The second-order valence-electron chi connectivity index (χ2n) is 6.19. The van der Waals surface area contributed by atoms with E-state index in [1.165, 1.54) is 17.5 Å². The molecule has 0 aromatic heterocycles. The van der Waals surface area contributed by atoms with Crippen LogP contribution in [0.3, 0.4) is 0 Å². The predicted molar refractivity (Wildman–Crippen MR) is 81.3 cm³/mol. The van der Waals surface area contributed by atoms with Gasteiger partial charge in [0.1, 0.15) is 0 Å². The highest BCUT2D eigenvalue weighted by Gasteiger charge is 2.37. The third-order valence-electron chi connectivity index (χ3n) is 5.13. The molecule has 2 fully saturated rings. The molecule has 2 aliphatic heterocycles. The molecule has 1 aromatic carbocycles. The van der Waals surface area contributed by atoms with Crippen LogP contribution in [-0.2, 0) is 9.47 Å². The number of fused-ring (bicyclic) bond motifs is 1. The highest BCUT2D eigenvalue weighted by Crippen LogP contribution is 2.45. The third kappa shape index (κ3) is 2.61. The lowest BCUT2D eigenvalue weighted by atomic mass is 10.1. The zero-order valence-electron chi connectivity index (χ0n) is 12.5. The van der Waals surface area contributed by atoms with Gasteiger partial charge in [0, 0.05) is 38.3 Å². The van der Waals surface area contributed by atoms with Crippen LogP contribution >= 0.6 is 0 Å². The summed E-state index contributed by atoms with van der Waals surface area (Å²) in [6.07, 6.45) is 1.22. The second kappa shape index (κ2) is 6.05. The van der Waals surface area contributed by atoms with E-state index >= 15 is 0 Å². The van der Waals surface area contributed by atoms with Crippen molar-refractivity contribution in [2.75, 3.05) is 52.6 Å². The topological polar surface area (TPSA) is 24.9 Å². The molecule has 4 heteroatoms. The Labute approximate surface area is 126 Å². The molecule has 2 unspecified atom stereocenters. The van der Waals surface area contributed by atoms with Crippen LogP contribution in [0.4, 0.5) is 0 Å². The van der Waals surface area contributed by atoms with Crippen LogP contribution in [0.2, 0.25) is 0 Å². The van der Waals surface area contributed by atoms with Gasteiger partial charge in [0.25, 0.3) is 0 Å². The minimum absolute atomic E-state index is 0.568. The number of benzene rings is 1. The van der Waals surface area contributed by atoms with Crippen LogP contribution in [0.1, 0.15) is 29.6 Å². The number of ether oxygens (including phenoxy) is 2.